The maximum absolute atomic E-state index is 14.2. The van der Waals surface area contributed by atoms with Gasteiger partial charge in [-0.15, -0.1) is 0 Å². The number of amidine groups is 1. The van der Waals surface area contributed by atoms with Gasteiger partial charge in [-0.1, -0.05) is 48.5 Å². The zero-order valence-electron chi connectivity index (χ0n) is 25.9. The molecule has 2 saturated heterocycles. The molecular weight excluding hydrogens is 568 g/mol. The molecule has 3 amide bonds. The highest BCUT2D eigenvalue weighted by Crippen LogP contribution is 2.36. The Kier molecular flexibility index (Phi) is 9.89. The molecule has 0 bridgehead atoms. The first kappa shape index (κ1) is 31.4. The number of rotatable bonds is 10. The van der Waals surface area contributed by atoms with Crippen molar-refractivity contribution in [2.75, 3.05) is 26.2 Å². The number of aliphatic imine (C=N–C) groups is 1. The number of carbonyl (C=O) groups is 3. The van der Waals surface area contributed by atoms with E-state index in [4.69, 9.17) is 10.7 Å². The van der Waals surface area contributed by atoms with Crippen molar-refractivity contribution in [1.82, 2.24) is 30.2 Å². The van der Waals surface area contributed by atoms with Crippen LogP contribution < -0.4 is 16.4 Å². The number of hydrogen-bond donors (Lipinski definition) is 3. The summed E-state index contributed by atoms with van der Waals surface area (Å²) < 4.78 is 1.53. The van der Waals surface area contributed by atoms with Gasteiger partial charge in [-0.3, -0.25) is 28.9 Å². The number of para-hydroxylation sites is 1. The molecule has 2 atom stereocenters. The van der Waals surface area contributed by atoms with E-state index in [1.807, 2.05) is 74.5 Å². The van der Waals surface area contributed by atoms with Crippen molar-refractivity contribution in [1.29, 1.82) is 0 Å². The quantitative estimate of drug-likeness (QED) is 0.303. The second-order valence-corrected chi connectivity index (χ2v) is 11.2. The van der Waals surface area contributed by atoms with Gasteiger partial charge in [0.1, 0.15) is 17.6 Å². The summed E-state index contributed by atoms with van der Waals surface area (Å²) in [6.07, 6.45) is 6.15. The van der Waals surface area contributed by atoms with Crippen LogP contribution in [0, 0.1) is 0 Å². The Labute approximate surface area is 263 Å². The smallest absolute Gasteiger partial charge is 0.272 e. The van der Waals surface area contributed by atoms with Gasteiger partial charge in [0.05, 0.1) is 5.69 Å². The molecule has 2 aliphatic heterocycles. The van der Waals surface area contributed by atoms with Crippen molar-refractivity contribution in [3.8, 4) is 0 Å². The first-order chi connectivity index (χ1) is 21.8. The number of nitrogens with one attached hydrogen (secondary N) is 2. The largest absolute Gasteiger partial charge is 0.404 e. The third kappa shape index (κ3) is 7.04. The van der Waals surface area contributed by atoms with Crippen molar-refractivity contribution in [3.63, 3.8) is 0 Å². The zero-order valence-corrected chi connectivity index (χ0v) is 25.9. The monoisotopic (exact) mass is 608 g/mol. The van der Waals surface area contributed by atoms with Crippen LogP contribution in [0.4, 0.5) is 5.69 Å². The Balaban J connectivity index is 1.48. The predicted octanol–water partition coefficient (Wildman–Crippen LogP) is 3.01. The summed E-state index contributed by atoms with van der Waals surface area (Å²) in [5.74, 6) is -1.13. The molecule has 5 rings (SSSR count). The molecule has 11 nitrogen and oxygen atoms in total. The molecule has 234 valence electrons. The lowest BCUT2D eigenvalue weighted by atomic mass is 9.79. The topological polar surface area (TPSA) is 138 Å². The molecule has 2 aliphatic rings. The number of nitrogens with zero attached hydrogens (tertiary/aromatic N) is 5. The third-order valence-corrected chi connectivity index (χ3v) is 8.18. The number of aryl methyl sites for hydroxylation is 1. The Morgan fingerprint density at radius 3 is 2.51 bits per heavy atom. The summed E-state index contributed by atoms with van der Waals surface area (Å²) in [4.78, 5) is 49.2. The number of aromatic nitrogens is 2. The van der Waals surface area contributed by atoms with E-state index in [1.54, 1.807) is 24.2 Å². The summed E-state index contributed by atoms with van der Waals surface area (Å²) >= 11 is 0. The summed E-state index contributed by atoms with van der Waals surface area (Å²) in [7, 11) is 1.72. The molecule has 45 heavy (non-hydrogen) atoms. The van der Waals surface area contributed by atoms with E-state index in [2.05, 4.69) is 20.6 Å². The molecule has 1 aromatic heterocycles. The fourth-order valence-corrected chi connectivity index (χ4v) is 5.66. The molecular formula is C34H40N8O3. The highest BCUT2D eigenvalue weighted by molar-refractivity contribution is 6.15. The molecule has 4 N–H and O–H groups in total. The van der Waals surface area contributed by atoms with Gasteiger partial charge in [0.2, 0.25) is 5.91 Å². The molecule has 3 heterocycles. The van der Waals surface area contributed by atoms with Crippen molar-refractivity contribution in [3.05, 3.63) is 107 Å². The van der Waals surface area contributed by atoms with Crippen LogP contribution in [-0.2, 0) is 23.2 Å². The van der Waals surface area contributed by atoms with Crippen LogP contribution in [0.5, 0.6) is 0 Å². The minimum absolute atomic E-state index is 0.110. The minimum atomic E-state index is -0.986. The average Bonchev–Trinajstić information content (AvgIpc) is 3.47. The Morgan fingerprint density at radius 1 is 1.11 bits per heavy atom. The van der Waals surface area contributed by atoms with E-state index in [-0.39, 0.29) is 17.5 Å². The van der Waals surface area contributed by atoms with E-state index in [1.165, 1.54) is 10.9 Å². The lowest BCUT2D eigenvalue weighted by Gasteiger charge is -2.40. The summed E-state index contributed by atoms with van der Waals surface area (Å²) in [5.41, 5.74) is 10.1. The average molecular weight is 609 g/mol. The van der Waals surface area contributed by atoms with Crippen molar-refractivity contribution >= 4 is 29.2 Å². The van der Waals surface area contributed by atoms with Gasteiger partial charge in [-0.2, -0.15) is 5.10 Å². The first-order valence-corrected chi connectivity index (χ1v) is 15.2. The van der Waals surface area contributed by atoms with Crippen LogP contribution in [0.25, 0.3) is 0 Å². The molecule has 0 saturated carbocycles. The molecule has 3 aromatic rings. The SMILES string of the molecule is C/C=C(\CN1CCC1)C(=O)NCc1cccc([C@@H]2/C(=C/N)C(=Nc3ccccc3)N(CC)C(=O)[C@H]2NC(=O)c2ccn(C)n2)c1. The van der Waals surface area contributed by atoms with Crippen molar-refractivity contribution in [2.45, 2.75) is 38.8 Å². The number of allylic oxidation sites excluding steroid dienone is 1. The predicted molar refractivity (Wildman–Crippen MR) is 174 cm³/mol. The number of piperidine rings is 1. The van der Waals surface area contributed by atoms with Gasteiger partial charge in [0.15, 0.2) is 0 Å². The number of likely N-dealkylation sites (tertiary alicyclic amines) is 2. The van der Waals surface area contributed by atoms with Gasteiger partial charge in [0.25, 0.3) is 11.8 Å². The molecule has 0 unspecified atom stereocenters. The molecule has 0 radical (unpaired) electrons. The molecule has 2 fully saturated rings. The molecule has 0 aliphatic carbocycles. The Morgan fingerprint density at radius 2 is 1.89 bits per heavy atom. The van der Waals surface area contributed by atoms with Gasteiger partial charge in [0, 0.05) is 56.1 Å². The highest BCUT2D eigenvalue weighted by atomic mass is 16.2. The maximum Gasteiger partial charge on any atom is 0.272 e. The van der Waals surface area contributed by atoms with Crippen LogP contribution in [0.3, 0.4) is 0 Å². The number of nitrogens with two attached hydrogens (primary N) is 1. The molecule has 2 aromatic carbocycles. The second kappa shape index (κ2) is 14.2. The van der Waals surface area contributed by atoms with Gasteiger partial charge < -0.3 is 16.4 Å². The second-order valence-electron chi connectivity index (χ2n) is 11.2. The Hall–Kier alpha value is -5.03. The molecule has 11 heteroatoms. The van der Waals surface area contributed by atoms with Gasteiger partial charge >= 0.3 is 0 Å². The summed E-state index contributed by atoms with van der Waals surface area (Å²) in [6, 6.07) is 17.6. The van der Waals surface area contributed by atoms with Crippen LogP contribution in [-0.4, -0.2) is 75.4 Å². The number of amides is 3. The van der Waals surface area contributed by atoms with Crippen LogP contribution in [0.15, 0.2) is 95.3 Å². The number of hydrogen-bond acceptors (Lipinski definition) is 7. The first-order valence-electron chi connectivity index (χ1n) is 15.2. The van der Waals surface area contributed by atoms with E-state index in [0.717, 1.165) is 36.2 Å². The fourth-order valence-electron chi connectivity index (χ4n) is 5.66. The van der Waals surface area contributed by atoms with Crippen LogP contribution in [0.2, 0.25) is 0 Å². The highest BCUT2D eigenvalue weighted by Gasteiger charge is 2.45. The number of benzene rings is 2. The van der Waals surface area contributed by atoms with E-state index in [9.17, 15) is 14.4 Å². The van der Waals surface area contributed by atoms with Crippen LogP contribution in [0.1, 0.15) is 47.8 Å². The standard InChI is InChI=1S/C34H40N8O3/c1-4-24(22-41-16-10-17-41)32(43)36-21-23-11-9-12-25(19-23)29-27(20-35)31(37-26-13-7-6-8-14-26)42(5-2)34(45)30(29)38-33(44)28-15-18-40(3)39-28/h4,6-9,11-15,18-20,29-30H,5,10,16-17,21-22,35H2,1-3H3,(H,36,43)(H,38,44)/b24-4+,27-20-,37-31?/t29-,30+/m1/s1. The molecule has 0 spiro atoms. The zero-order chi connectivity index (χ0) is 31.9. The van der Waals surface area contributed by atoms with Crippen molar-refractivity contribution in [2.24, 2.45) is 17.8 Å². The number of carbonyl (C=O) groups excluding carboxylic acids is 3. The lowest BCUT2D eigenvalue weighted by molar-refractivity contribution is -0.130. The van der Waals surface area contributed by atoms with E-state index < -0.39 is 17.9 Å². The normalized spacial score (nSPS) is 20.7. The summed E-state index contributed by atoms with van der Waals surface area (Å²) in [5, 5.41) is 10.2. The lowest BCUT2D eigenvalue weighted by Crippen LogP contribution is -2.59. The third-order valence-electron chi connectivity index (χ3n) is 8.18. The number of likely N-dealkylation sites (N-methyl/N-ethyl adjacent to an activating group) is 1. The van der Waals surface area contributed by atoms with Gasteiger partial charge in [-0.25, -0.2) is 4.99 Å². The van der Waals surface area contributed by atoms with Crippen molar-refractivity contribution < 1.29 is 14.4 Å². The summed E-state index contributed by atoms with van der Waals surface area (Å²) in [6.45, 7) is 7.00. The minimum Gasteiger partial charge on any atom is -0.404 e. The fraction of sp³-hybridized carbons (Fsp3) is 0.324. The Bertz CT molecular complexity index is 1640. The van der Waals surface area contributed by atoms with Crippen LogP contribution >= 0.6 is 0 Å². The maximum atomic E-state index is 14.2. The van der Waals surface area contributed by atoms with Gasteiger partial charge in [-0.05, 0) is 62.7 Å². The van der Waals surface area contributed by atoms with E-state index in [0.29, 0.717) is 36.7 Å². The van der Waals surface area contributed by atoms with E-state index >= 15 is 0 Å².